The molecule has 0 spiro atoms. The molecule has 5 nitrogen and oxygen atoms in total. The van der Waals surface area contributed by atoms with E-state index in [-0.39, 0.29) is 12.1 Å². The van der Waals surface area contributed by atoms with E-state index < -0.39 is 0 Å². The van der Waals surface area contributed by atoms with Crippen molar-refractivity contribution >= 4 is 22.6 Å². The molecule has 0 aliphatic carbocycles. The zero-order valence-corrected chi connectivity index (χ0v) is 15.4. The molecule has 0 saturated carbocycles. The minimum absolute atomic E-state index is 0.262. The molecule has 0 bridgehead atoms. The zero-order chi connectivity index (χ0) is 18.7. The number of carbonyl (C=O) groups excluding carboxylic acids is 1. The predicted octanol–water partition coefficient (Wildman–Crippen LogP) is 4.05. The normalized spacial score (nSPS) is 11.5. The molecule has 1 unspecified atom stereocenters. The van der Waals surface area contributed by atoms with Crippen LogP contribution in [0.2, 0.25) is 0 Å². The molecule has 3 aromatic rings. The lowest BCUT2D eigenvalue weighted by Gasteiger charge is -2.12. The average molecular weight is 346 g/mol. The average Bonchev–Trinajstić information content (AvgIpc) is 2.97. The molecule has 132 valence electrons. The van der Waals surface area contributed by atoms with E-state index in [2.05, 4.69) is 32.7 Å². The maximum absolute atomic E-state index is 12.2. The van der Waals surface area contributed by atoms with Gasteiger partial charge < -0.3 is 10.6 Å². The summed E-state index contributed by atoms with van der Waals surface area (Å²) in [5.74, 6) is 6.17. The molecular weight excluding hydrogens is 324 g/mol. The maximum Gasteiger partial charge on any atom is 0.320 e. The van der Waals surface area contributed by atoms with Gasteiger partial charge in [0.05, 0.1) is 11.6 Å². The first-order valence-corrected chi connectivity index (χ1v) is 8.53. The Morgan fingerprint density at radius 2 is 1.96 bits per heavy atom. The van der Waals surface area contributed by atoms with Crippen LogP contribution in [0.1, 0.15) is 29.3 Å². The summed E-state index contributed by atoms with van der Waals surface area (Å²) >= 11 is 0. The number of benzene rings is 2. The van der Waals surface area contributed by atoms with Crippen LogP contribution in [-0.2, 0) is 0 Å². The second-order valence-electron chi connectivity index (χ2n) is 6.49. The standard InChI is InChI=1S/C21H22N4O/c1-13-5-6-14(2)20(11-13)23-21(26)22-15(3)7-8-17-9-10-19-18(12-17)16(4)24-25-19/h5-6,9-12,15H,1-4H3,(H,24,25)(H2,22,23,26). The molecule has 2 aromatic carbocycles. The van der Waals surface area contributed by atoms with E-state index in [4.69, 9.17) is 0 Å². The van der Waals surface area contributed by atoms with Crippen LogP contribution < -0.4 is 10.6 Å². The van der Waals surface area contributed by atoms with E-state index in [0.717, 1.165) is 39.0 Å². The van der Waals surface area contributed by atoms with Gasteiger partial charge >= 0.3 is 6.03 Å². The second-order valence-corrected chi connectivity index (χ2v) is 6.49. The number of hydrogen-bond acceptors (Lipinski definition) is 2. The Balaban J connectivity index is 1.65. The summed E-state index contributed by atoms with van der Waals surface area (Å²) in [5.41, 5.74) is 5.76. The lowest BCUT2D eigenvalue weighted by molar-refractivity contribution is 0.251. The Hall–Kier alpha value is -3.26. The number of rotatable bonds is 2. The molecule has 0 aliphatic rings. The van der Waals surface area contributed by atoms with Crippen molar-refractivity contribution in [1.29, 1.82) is 0 Å². The van der Waals surface area contributed by atoms with Crippen LogP contribution >= 0.6 is 0 Å². The van der Waals surface area contributed by atoms with Crippen molar-refractivity contribution in [2.24, 2.45) is 0 Å². The Labute approximate surface area is 153 Å². The molecule has 1 heterocycles. The Morgan fingerprint density at radius 3 is 2.77 bits per heavy atom. The van der Waals surface area contributed by atoms with E-state index in [1.165, 1.54) is 0 Å². The largest absolute Gasteiger partial charge is 0.325 e. The molecule has 0 aliphatic heterocycles. The number of carbonyl (C=O) groups is 1. The van der Waals surface area contributed by atoms with E-state index in [9.17, 15) is 4.79 Å². The van der Waals surface area contributed by atoms with Gasteiger partial charge in [0, 0.05) is 22.3 Å². The molecule has 0 radical (unpaired) electrons. The van der Waals surface area contributed by atoms with Crippen molar-refractivity contribution in [2.75, 3.05) is 5.32 Å². The molecular formula is C21H22N4O. The van der Waals surface area contributed by atoms with Gasteiger partial charge in [0.25, 0.3) is 0 Å². The van der Waals surface area contributed by atoms with Crippen molar-refractivity contribution in [3.05, 3.63) is 58.8 Å². The lowest BCUT2D eigenvalue weighted by Crippen LogP contribution is -2.35. The van der Waals surface area contributed by atoms with Gasteiger partial charge in [-0.3, -0.25) is 5.10 Å². The number of H-pyrrole nitrogens is 1. The summed E-state index contributed by atoms with van der Waals surface area (Å²) in [6, 6.07) is 11.3. The van der Waals surface area contributed by atoms with Crippen molar-refractivity contribution in [3.8, 4) is 11.8 Å². The summed E-state index contributed by atoms with van der Waals surface area (Å²) in [6.45, 7) is 7.80. The number of urea groups is 1. The van der Waals surface area contributed by atoms with Crippen molar-refractivity contribution < 1.29 is 4.79 Å². The van der Waals surface area contributed by atoms with Gasteiger partial charge in [-0.1, -0.05) is 24.0 Å². The number of amides is 2. The fourth-order valence-corrected chi connectivity index (χ4v) is 2.67. The van der Waals surface area contributed by atoms with Crippen LogP contribution in [0.5, 0.6) is 0 Å². The fraction of sp³-hybridized carbons (Fsp3) is 0.238. The van der Waals surface area contributed by atoms with E-state index in [0.29, 0.717) is 0 Å². The minimum atomic E-state index is -0.277. The van der Waals surface area contributed by atoms with Crippen LogP contribution in [0.25, 0.3) is 10.9 Å². The molecule has 5 heteroatoms. The second kappa shape index (κ2) is 7.32. The summed E-state index contributed by atoms with van der Waals surface area (Å²) in [4.78, 5) is 12.2. The van der Waals surface area contributed by atoms with Crippen molar-refractivity contribution in [2.45, 2.75) is 33.7 Å². The molecule has 1 aromatic heterocycles. The highest BCUT2D eigenvalue weighted by Crippen LogP contribution is 2.17. The van der Waals surface area contributed by atoms with Gasteiger partial charge in [-0.15, -0.1) is 0 Å². The summed E-state index contributed by atoms with van der Waals surface area (Å²) in [7, 11) is 0. The zero-order valence-electron chi connectivity index (χ0n) is 15.4. The smallest absolute Gasteiger partial charge is 0.320 e. The first-order valence-electron chi connectivity index (χ1n) is 8.53. The topological polar surface area (TPSA) is 69.8 Å². The number of hydrogen-bond donors (Lipinski definition) is 3. The molecule has 2 amide bonds. The number of nitrogens with zero attached hydrogens (tertiary/aromatic N) is 1. The minimum Gasteiger partial charge on any atom is -0.325 e. The number of anilines is 1. The predicted molar refractivity (Wildman–Crippen MR) is 105 cm³/mol. The van der Waals surface area contributed by atoms with Crippen LogP contribution in [0.3, 0.4) is 0 Å². The monoisotopic (exact) mass is 346 g/mol. The first-order chi connectivity index (χ1) is 12.4. The van der Waals surface area contributed by atoms with Crippen LogP contribution in [0.15, 0.2) is 36.4 Å². The third-order valence-electron chi connectivity index (χ3n) is 4.17. The molecule has 1 atom stereocenters. The Morgan fingerprint density at radius 1 is 1.15 bits per heavy atom. The summed E-state index contributed by atoms with van der Waals surface area (Å²) in [6.07, 6.45) is 0. The maximum atomic E-state index is 12.2. The number of aromatic nitrogens is 2. The Kier molecular flexibility index (Phi) is 4.94. The van der Waals surface area contributed by atoms with Crippen molar-refractivity contribution in [1.82, 2.24) is 15.5 Å². The van der Waals surface area contributed by atoms with Gasteiger partial charge in [-0.2, -0.15) is 5.10 Å². The van der Waals surface area contributed by atoms with E-state index in [1.54, 1.807) is 0 Å². The highest BCUT2D eigenvalue weighted by Gasteiger charge is 2.07. The van der Waals surface area contributed by atoms with E-state index in [1.807, 2.05) is 64.1 Å². The summed E-state index contributed by atoms with van der Waals surface area (Å²) < 4.78 is 0. The van der Waals surface area contributed by atoms with Gasteiger partial charge in [0.15, 0.2) is 0 Å². The summed E-state index contributed by atoms with van der Waals surface area (Å²) in [5, 5.41) is 14.0. The molecule has 3 N–H and O–H groups in total. The number of nitrogens with one attached hydrogen (secondary N) is 3. The quantitative estimate of drug-likeness (QED) is 0.613. The fourth-order valence-electron chi connectivity index (χ4n) is 2.67. The van der Waals surface area contributed by atoms with Gasteiger partial charge in [-0.25, -0.2) is 4.79 Å². The van der Waals surface area contributed by atoms with E-state index >= 15 is 0 Å². The van der Waals surface area contributed by atoms with Crippen LogP contribution in [-0.4, -0.2) is 22.3 Å². The third kappa shape index (κ3) is 4.04. The Bertz CT molecular complexity index is 1020. The highest BCUT2D eigenvalue weighted by atomic mass is 16.2. The van der Waals surface area contributed by atoms with Gasteiger partial charge in [0.2, 0.25) is 0 Å². The van der Waals surface area contributed by atoms with Gasteiger partial charge in [0.1, 0.15) is 0 Å². The molecule has 0 fully saturated rings. The lowest BCUT2D eigenvalue weighted by atomic mass is 10.1. The van der Waals surface area contributed by atoms with Crippen LogP contribution in [0.4, 0.5) is 10.5 Å². The third-order valence-corrected chi connectivity index (χ3v) is 4.17. The first kappa shape index (κ1) is 17.6. The van der Waals surface area contributed by atoms with Gasteiger partial charge in [-0.05, 0) is 63.1 Å². The SMILES string of the molecule is Cc1ccc(C)c(NC(=O)NC(C)C#Cc2ccc3n[nH]c(C)c3c2)c1. The van der Waals surface area contributed by atoms with Crippen molar-refractivity contribution in [3.63, 3.8) is 0 Å². The molecule has 26 heavy (non-hydrogen) atoms. The highest BCUT2D eigenvalue weighted by molar-refractivity contribution is 5.90. The number of aromatic amines is 1. The number of aryl methyl sites for hydroxylation is 3. The molecule has 0 saturated heterocycles. The number of fused-ring (bicyclic) bond motifs is 1. The molecule has 3 rings (SSSR count). The van der Waals surface area contributed by atoms with Crippen LogP contribution in [0, 0.1) is 32.6 Å².